The van der Waals surface area contributed by atoms with Crippen LogP contribution in [-0.4, -0.2) is 36.5 Å². The van der Waals surface area contributed by atoms with Crippen LogP contribution in [0.5, 0.6) is 5.75 Å². The van der Waals surface area contributed by atoms with Crippen molar-refractivity contribution in [3.8, 4) is 5.75 Å². The van der Waals surface area contributed by atoms with Gasteiger partial charge >= 0.3 is 0 Å². The van der Waals surface area contributed by atoms with Crippen LogP contribution in [0.25, 0.3) is 0 Å². The number of rotatable bonds is 4. The van der Waals surface area contributed by atoms with Gasteiger partial charge in [0.05, 0.1) is 0 Å². The van der Waals surface area contributed by atoms with E-state index >= 15 is 0 Å². The van der Waals surface area contributed by atoms with E-state index in [0.29, 0.717) is 6.54 Å². The van der Waals surface area contributed by atoms with E-state index in [1.807, 2.05) is 30.0 Å². The normalized spacial score (nSPS) is 18.0. The summed E-state index contributed by atoms with van der Waals surface area (Å²) in [6.07, 6.45) is 3.22. The van der Waals surface area contributed by atoms with Crippen molar-refractivity contribution < 1.29 is 9.53 Å². The summed E-state index contributed by atoms with van der Waals surface area (Å²) in [6.45, 7) is 5.54. The van der Waals surface area contributed by atoms with Crippen molar-refractivity contribution in [2.24, 2.45) is 5.73 Å². The van der Waals surface area contributed by atoms with Crippen molar-refractivity contribution in [3.05, 3.63) is 29.3 Å². The van der Waals surface area contributed by atoms with Gasteiger partial charge in [0.1, 0.15) is 5.75 Å². The molecule has 1 aromatic rings. The van der Waals surface area contributed by atoms with Crippen LogP contribution in [0, 0.1) is 13.8 Å². The standard InChI is InChI=1S/C16H24N2O2.ClH/c1-12-6-7-15(9-13(12)2)20-11-16(19)18-8-4-3-5-14(18)10-17;/h6-7,9,14H,3-5,8,10-11,17H2,1-2H3;1H. The molecule has 0 aliphatic carbocycles. The van der Waals surface area contributed by atoms with E-state index in [-0.39, 0.29) is 31.0 Å². The third-order valence-corrected chi connectivity index (χ3v) is 4.06. The van der Waals surface area contributed by atoms with Crippen LogP contribution >= 0.6 is 12.4 Å². The minimum absolute atomic E-state index is 0. The van der Waals surface area contributed by atoms with Crippen molar-refractivity contribution in [2.75, 3.05) is 19.7 Å². The molecule has 1 aliphatic heterocycles. The van der Waals surface area contributed by atoms with Crippen molar-refractivity contribution in [1.29, 1.82) is 0 Å². The monoisotopic (exact) mass is 312 g/mol. The Balaban J connectivity index is 0.00000220. The number of piperidine rings is 1. The molecular formula is C16H25ClN2O2. The topological polar surface area (TPSA) is 55.6 Å². The molecule has 0 aromatic heterocycles. The van der Waals surface area contributed by atoms with Gasteiger partial charge in [-0.2, -0.15) is 0 Å². The molecule has 4 nitrogen and oxygen atoms in total. The summed E-state index contributed by atoms with van der Waals surface area (Å²) in [5.41, 5.74) is 8.14. The number of carbonyl (C=O) groups is 1. The quantitative estimate of drug-likeness (QED) is 0.929. The number of halogens is 1. The SMILES string of the molecule is Cc1ccc(OCC(=O)N2CCCCC2CN)cc1C.Cl. The average Bonchev–Trinajstić information content (AvgIpc) is 2.48. The van der Waals surface area contributed by atoms with Crippen molar-refractivity contribution >= 4 is 18.3 Å². The highest BCUT2D eigenvalue weighted by Crippen LogP contribution is 2.18. The van der Waals surface area contributed by atoms with Crippen LogP contribution in [0.2, 0.25) is 0 Å². The van der Waals surface area contributed by atoms with Gasteiger partial charge in [0, 0.05) is 19.1 Å². The second-order valence-electron chi connectivity index (χ2n) is 5.51. The summed E-state index contributed by atoms with van der Waals surface area (Å²) >= 11 is 0. The van der Waals surface area contributed by atoms with E-state index in [1.165, 1.54) is 11.1 Å². The number of amides is 1. The summed E-state index contributed by atoms with van der Waals surface area (Å²) in [6, 6.07) is 6.07. The highest BCUT2D eigenvalue weighted by atomic mass is 35.5. The van der Waals surface area contributed by atoms with Crippen LogP contribution in [0.3, 0.4) is 0 Å². The second kappa shape index (κ2) is 8.25. The van der Waals surface area contributed by atoms with E-state index in [9.17, 15) is 4.79 Å². The van der Waals surface area contributed by atoms with Crippen LogP contribution in [-0.2, 0) is 4.79 Å². The van der Waals surface area contributed by atoms with Gasteiger partial charge < -0.3 is 15.4 Å². The third kappa shape index (κ3) is 4.61. The minimum Gasteiger partial charge on any atom is -0.484 e. The molecule has 1 unspecified atom stereocenters. The summed E-state index contributed by atoms with van der Waals surface area (Å²) in [5, 5.41) is 0. The Hall–Kier alpha value is -1.26. The summed E-state index contributed by atoms with van der Waals surface area (Å²) < 4.78 is 5.62. The van der Waals surface area contributed by atoms with Crippen molar-refractivity contribution in [2.45, 2.75) is 39.2 Å². The first-order chi connectivity index (χ1) is 9.61. The first-order valence-corrected chi connectivity index (χ1v) is 7.31. The fraction of sp³-hybridized carbons (Fsp3) is 0.562. The van der Waals surface area contributed by atoms with E-state index in [0.717, 1.165) is 31.6 Å². The van der Waals surface area contributed by atoms with Gasteiger partial charge in [-0.3, -0.25) is 4.79 Å². The molecule has 1 saturated heterocycles. The van der Waals surface area contributed by atoms with Crippen LogP contribution < -0.4 is 10.5 Å². The van der Waals surface area contributed by atoms with Gasteiger partial charge in [0.15, 0.2) is 6.61 Å². The Morgan fingerprint density at radius 1 is 1.33 bits per heavy atom. The molecule has 0 bridgehead atoms. The molecule has 1 aliphatic rings. The number of nitrogens with zero attached hydrogens (tertiary/aromatic N) is 1. The molecule has 0 radical (unpaired) electrons. The van der Waals surface area contributed by atoms with Gasteiger partial charge in [-0.05, 0) is 56.4 Å². The van der Waals surface area contributed by atoms with Gasteiger partial charge in [0.2, 0.25) is 0 Å². The fourth-order valence-electron chi connectivity index (χ4n) is 2.61. The molecule has 1 heterocycles. The molecule has 118 valence electrons. The number of likely N-dealkylation sites (tertiary alicyclic amines) is 1. The highest BCUT2D eigenvalue weighted by Gasteiger charge is 2.25. The lowest BCUT2D eigenvalue weighted by Gasteiger charge is -2.34. The smallest absolute Gasteiger partial charge is 0.260 e. The predicted molar refractivity (Wildman–Crippen MR) is 87.1 cm³/mol. The maximum Gasteiger partial charge on any atom is 0.260 e. The fourth-order valence-corrected chi connectivity index (χ4v) is 2.61. The van der Waals surface area contributed by atoms with E-state index in [2.05, 4.69) is 6.92 Å². The van der Waals surface area contributed by atoms with E-state index in [1.54, 1.807) is 0 Å². The van der Waals surface area contributed by atoms with Crippen molar-refractivity contribution in [1.82, 2.24) is 4.90 Å². The number of carbonyl (C=O) groups excluding carboxylic acids is 1. The lowest BCUT2D eigenvalue weighted by Crippen LogP contribution is -2.49. The highest BCUT2D eigenvalue weighted by molar-refractivity contribution is 5.85. The first kappa shape index (κ1) is 17.8. The molecule has 0 spiro atoms. The molecule has 1 aromatic carbocycles. The Bertz CT molecular complexity index is 479. The van der Waals surface area contributed by atoms with E-state index in [4.69, 9.17) is 10.5 Å². The Kier molecular flexibility index (Phi) is 6.99. The van der Waals surface area contributed by atoms with E-state index < -0.39 is 0 Å². The molecule has 5 heteroatoms. The zero-order chi connectivity index (χ0) is 14.5. The maximum absolute atomic E-state index is 12.2. The van der Waals surface area contributed by atoms with Gasteiger partial charge in [-0.25, -0.2) is 0 Å². The molecule has 1 amide bonds. The summed E-state index contributed by atoms with van der Waals surface area (Å²) in [5.74, 6) is 0.793. The molecular weight excluding hydrogens is 288 g/mol. The number of aryl methyl sites for hydroxylation is 2. The zero-order valence-corrected chi connectivity index (χ0v) is 13.6. The third-order valence-electron chi connectivity index (χ3n) is 4.06. The van der Waals surface area contributed by atoms with Gasteiger partial charge in [0.25, 0.3) is 5.91 Å². The second-order valence-corrected chi connectivity index (χ2v) is 5.51. The molecule has 1 fully saturated rings. The molecule has 0 saturated carbocycles. The van der Waals surface area contributed by atoms with Gasteiger partial charge in [-0.1, -0.05) is 6.07 Å². The predicted octanol–water partition coefficient (Wildman–Crippen LogP) is 2.44. The molecule has 2 rings (SSSR count). The maximum atomic E-state index is 12.2. The van der Waals surface area contributed by atoms with Crippen LogP contribution in [0.1, 0.15) is 30.4 Å². The Morgan fingerprint density at radius 2 is 2.10 bits per heavy atom. The molecule has 2 N–H and O–H groups in total. The van der Waals surface area contributed by atoms with Crippen molar-refractivity contribution in [3.63, 3.8) is 0 Å². The Labute approximate surface area is 133 Å². The first-order valence-electron chi connectivity index (χ1n) is 7.31. The number of hydrogen-bond donors (Lipinski definition) is 1. The number of hydrogen-bond acceptors (Lipinski definition) is 3. The lowest BCUT2D eigenvalue weighted by molar-refractivity contribution is -0.136. The molecule has 1 atom stereocenters. The van der Waals surface area contributed by atoms with Crippen LogP contribution in [0.15, 0.2) is 18.2 Å². The largest absolute Gasteiger partial charge is 0.484 e. The Morgan fingerprint density at radius 3 is 2.76 bits per heavy atom. The number of benzene rings is 1. The summed E-state index contributed by atoms with van der Waals surface area (Å²) in [7, 11) is 0. The minimum atomic E-state index is 0. The number of ether oxygens (including phenoxy) is 1. The average molecular weight is 313 g/mol. The zero-order valence-electron chi connectivity index (χ0n) is 12.8. The van der Waals surface area contributed by atoms with Crippen LogP contribution in [0.4, 0.5) is 0 Å². The van der Waals surface area contributed by atoms with Gasteiger partial charge in [-0.15, -0.1) is 12.4 Å². The molecule has 21 heavy (non-hydrogen) atoms. The lowest BCUT2D eigenvalue weighted by atomic mass is 10.0. The summed E-state index contributed by atoms with van der Waals surface area (Å²) in [4.78, 5) is 14.1. The number of nitrogens with two attached hydrogens (primary N) is 1.